The van der Waals surface area contributed by atoms with Gasteiger partial charge < -0.3 is 5.32 Å². The molecule has 0 aliphatic heterocycles. The number of halogens is 1. The summed E-state index contributed by atoms with van der Waals surface area (Å²) in [5.41, 5.74) is 0.319. The minimum atomic E-state index is -0.557. The number of nitro groups is 1. The molecule has 0 saturated carbocycles. The number of rotatable bonds is 7. The topological polar surface area (TPSA) is 127 Å². The summed E-state index contributed by atoms with van der Waals surface area (Å²) in [7, 11) is 0. The molecule has 12 heteroatoms. The van der Waals surface area contributed by atoms with Crippen LogP contribution >= 0.6 is 23.1 Å². The Hall–Kier alpha value is -3.38. The van der Waals surface area contributed by atoms with Gasteiger partial charge in [-0.15, -0.1) is 10.2 Å². The highest BCUT2D eigenvalue weighted by molar-refractivity contribution is 8.01. The molecule has 3 aromatic rings. The Morgan fingerprint density at radius 1 is 1.17 bits per heavy atom. The number of anilines is 2. The first-order chi connectivity index (χ1) is 14.3. The van der Waals surface area contributed by atoms with Crippen LogP contribution in [0.3, 0.4) is 0 Å². The average Bonchev–Trinajstić information content (AvgIpc) is 3.15. The molecule has 9 nitrogen and oxygen atoms in total. The van der Waals surface area contributed by atoms with E-state index in [2.05, 4.69) is 20.8 Å². The van der Waals surface area contributed by atoms with Gasteiger partial charge in [-0.2, -0.15) is 0 Å². The second-order valence-corrected chi connectivity index (χ2v) is 8.05. The third kappa shape index (κ3) is 5.15. The zero-order chi connectivity index (χ0) is 21.7. The summed E-state index contributed by atoms with van der Waals surface area (Å²) in [6, 6.07) is 10.0. The van der Waals surface area contributed by atoms with E-state index >= 15 is 0 Å². The van der Waals surface area contributed by atoms with Crippen LogP contribution in [-0.2, 0) is 4.79 Å². The number of thioether (sulfide) groups is 1. The second-order valence-electron chi connectivity index (χ2n) is 5.85. The maximum Gasteiger partial charge on any atom is 0.273 e. The molecule has 1 aromatic heterocycles. The van der Waals surface area contributed by atoms with E-state index in [1.165, 1.54) is 43.3 Å². The van der Waals surface area contributed by atoms with Crippen molar-refractivity contribution in [3.63, 3.8) is 0 Å². The Labute approximate surface area is 177 Å². The summed E-state index contributed by atoms with van der Waals surface area (Å²) in [5.74, 6) is -1.53. The lowest BCUT2D eigenvalue weighted by atomic mass is 10.1. The van der Waals surface area contributed by atoms with Crippen molar-refractivity contribution < 1.29 is 18.9 Å². The lowest BCUT2D eigenvalue weighted by Gasteiger charge is -2.05. The minimum Gasteiger partial charge on any atom is -0.323 e. The summed E-state index contributed by atoms with van der Waals surface area (Å²) >= 11 is 2.12. The molecule has 0 saturated heterocycles. The molecular weight excluding hydrogens is 433 g/mol. The third-order valence-corrected chi connectivity index (χ3v) is 5.82. The smallest absolute Gasteiger partial charge is 0.273 e. The van der Waals surface area contributed by atoms with Gasteiger partial charge in [-0.25, -0.2) is 4.39 Å². The average molecular weight is 447 g/mol. The van der Waals surface area contributed by atoms with Crippen molar-refractivity contribution in [2.45, 2.75) is 11.3 Å². The van der Waals surface area contributed by atoms with E-state index in [1.807, 2.05) is 0 Å². The Bertz CT molecular complexity index is 1120. The van der Waals surface area contributed by atoms with Gasteiger partial charge in [-0.1, -0.05) is 41.3 Å². The molecule has 2 N–H and O–H groups in total. The molecule has 2 aromatic carbocycles. The van der Waals surface area contributed by atoms with Crippen molar-refractivity contribution in [1.29, 1.82) is 0 Å². The largest absolute Gasteiger partial charge is 0.323 e. The first-order valence-corrected chi connectivity index (χ1v) is 10.2. The fourth-order valence-electron chi connectivity index (χ4n) is 2.43. The van der Waals surface area contributed by atoms with Crippen LogP contribution in [0.2, 0.25) is 0 Å². The van der Waals surface area contributed by atoms with Crippen LogP contribution in [0.25, 0.3) is 0 Å². The number of aromatic nitrogens is 2. The van der Waals surface area contributed by atoms with Crippen LogP contribution in [-0.4, -0.2) is 32.7 Å². The summed E-state index contributed by atoms with van der Waals surface area (Å²) in [5, 5.41) is 23.9. The van der Waals surface area contributed by atoms with E-state index in [0.29, 0.717) is 4.34 Å². The van der Waals surface area contributed by atoms with Gasteiger partial charge >= 0.3 is 0 Å². The first kappa shape index (κ1) is 21.3. The highest BCUT2D eigenvalue weighted by atomic mass is 32.2. The summed E-state index contributed by atoms with van der Waals surface area (Å²) < 4.78 is 14.0. The summed E-state index contributed by atoms with van der Waals surface area (Å²) in [6.07, 6.45) is 0. The van der Waals surface area contributed by atoms with Crippen LogP contribution in [0.15, 0.2) is 46.8 Å². The van der Waals surface area contributed by atoms with Crippen LogP contribution in [0.5, 0.6) is 0 Å². The zero-order valence-corrected chi connectivity index (χ0v) is 17.1. The first-order valence-electron chi connectivity index (χ1n) is 8.41. The number of hydrogen-bond donors (Lipinski definition) is 2. The fraction of sp³-hybridized carbons (Fsp3) is 0.111. The molecule has 0 aliphatic carbocycles. The molecule has 30 heavy (non-hydrogen) atoms. The highest BCUT2D eigenvalue weighted by Crippen LogP contribution is 2.27. The molecule has 0 aliphatic rings. The molecule has 0 bridgehead atoms. The van der Waals surface area contributed by atoms with Gasteiger partial charge in [0.15, 0.2) is 4.34 Å². The number of hydrogen-bond acceptors (Lipinski definition) is 8. The second kappa shape index (κ2) is 9.41. The number of carbonyl (C=O) groups is 2. The van der Waals surface area contributed by atoms with Crippen LogP contribution in [0.4, 0.5) is 20.9 Å². The van der Waals surface area contributed by atoms with E-state index < -0.39 is 22.6 Å². The SMILES string of the molecule is Cc1c(C(=O)Nc2nnc(SCC(=O)Nc3ccccc3F)s2)cccc1[N+](=O)[O-]. The van der Waals surface area contributed by atoms with Crippen molar-refractivity contribution in [2.24, 2.45) is 0 Å². The molecule has 0 fully saturated rings. The number of amides is 2. The van der Waals surface area contributed by atoms with Crippen LogP contribution in [0, 0.1) is 22.9 Å². The van der Waals surface area contributed by atoms with Gasteiger partial charge in [-0.05, 0) is 25.1 Å². The standard InChI is InChI=1S/C18H14FN5O4S2/c1-10-11(5-4-8-14(10)24(27)28)16(26)21-17-22-23-18(30-17)29-9-15(25)20-13-7-3-2-6-12(13)19/h2-8H,9H2,1H3,(H,20,25)(H,21,22,26). The van der Waals surface area contributed by atoms with E-state index in [0.717, 1.165) is 23.1 Å². The molecule has 154 valence electrons. The molecule has 0 atom stereocenters. The van der Waals surface area contributed by atoms with Gasteiger partial charge in [-0.3, -0.25) is 25.0 Å². The van der Waals surface area contributed by atoms with Crippen molar-refractivity contribution in [3.8, 4) is 0 Å². The maximum atomic E-state index is 13.6. The quantitative estimate of drug-likeness (QED) is 0.243. The van der Waals surface area contributed by atoms with Gasteiger partial charge in [0.1, 0.15) is 5.82 Å². The van der Waals surface area contributed by atoms with Gasteiger partial charge in [0.2, 0.25) is 11.0 Å². The number of nitro benzene ring substituents is 1. The Morgan fingerprint density at radius 2 is 1.93 bits per heavy atom. The number of nitrogens with one attached hydrogen (secondary N) is 2. The van der Waals surface area contributed by atoms with Crippen molar-refractivity contribution in [1.82, 2.24) is 10.2 Å². The fourth-order valence-corrected chi connectivity index (χ4v) is 3.97. The highest BCUT2D eigenvalue weighted by Gasteiger charge is 2.19. The Kier molecular flexibility index (Phi) is 6.69. The monoisotopic (exact) mass is 447 g/mol. The lowest BCUT2D eigenvalue weighted by molar-refractivity contribution is -0.385. The van der Waals surface area contributed by atoms with Crippen molar-refractivity contribution in [2.75, 3.05) is 16.4 Å². The number of benzene rings is 2. The normalized spacial score (nSPS) is 10.5. The molecule has 2 amide bonds. The van der Waals surface area contributed by atoms with Gasteiger partial charge in [0.25, 0.3) is 11.6 Å². The molecule has 0 unspecified atom stereocenters. The predicted molar refractivity (Wildman–Crippen MR) is 111 cm³/mol. The molecular formula is C18H14FN5O4S2. The van der Waals surface area contributed by atoms with Crippen LogP contribution < -0.4 is 10.6 Å². The van der Waals surface area contributed by atoms with E-state index in [4.69, 9.17) is 0 Å². The maximum absolute atomic E-state index is 13.6. The molecule has 3 rings (SSSR count). The molecule has 0 spiro atoms. The summed E-state index contributed by atoms with van der Waals surface area (Å²) in [6.45, 7) is 1.49. The van der Waals surface area contributed by atoms with Gasteiger partial charge in [0.05, 0.1) is 16.4 Å². The van der Waals surface area contributed by atoms with Gasteiger partial charge in [0, 0.05) is 17.2 Å². The van der Waals surface area contributed by atoms with Crippen molar-refractivity contribution >= 4 is 51.4 Å². The Balaban J connectivity index is 1.58. The van der Waals surface area contributed by atoms with E-state index in [1.54, 1.807) is 6.07 Å². The number of nitrogens with zero attached hydrogens (tertiary/aromatic N) is 3. The van der Waals surface area contributed by atoms with Crippen LogP contribution in [0.1, 0.15) is 15.9 Å². The van der Waals surface area contributed by atoms with Crippen molar-refractivity contribution in [3.05, 3.63) is 69.5 Å². The third-order valence-electron chi connectivity index (χ3n) is 3.85. The summed E-state index contributed by atoms with van der Waals surface area (Å²) in [4.78, 5) is 34.8. The molecule has 1 heterocycles. The molecule has 0 radical (unpaired) electrons. The minimum absolute atomic E-state index is 0.0269. The lowest BCUT2D eigenvalue weighted by Crippen LogP contribution is -2.14. The predicted octanol–water partition coefficient (Wildman–Crippen LogP) is 3.88. The number of para-hydroxylation sites is 1. The number of carbonyl (C=O) groups excluding carboxylic acids is 2. The van der Waals surface area contributed by atoms with E-state index in [9.17, 15) is 24.1 Å². The zero-order valence-electron chi connectivity index (χ0n) is 15.4. The Morgan fingerprint density at radius 3 is 2.67 bits per heavy atom. The van der Waals surface area contributed by atoms with E-state index in [-0.39, 0.29) is 33.4 Å².